The number of ether oxygens (including phenoxy) is 4. The van der Waals surface area contributed by atoms with Crippen LogP contribution in [0.15, 0.2) is 0 Å². The van der Waals surface area contributed by atoms with Gasteiger partial charge in [-0.15, -0.1) is 0 Å². The Hall–Kier alpha value is -0.160. The molecule has 4 rings (SSSR count). The maximum absolute atomic E-state index is 5.98. The number of fused-ring (bicyclic) bond motifs is 2. The summed E-state index contributed by atoms with van der Waals surface area (Å²) in [5.41, 5.74) is 0.0308. The largest absolute Gasteiger partial charge is 0.378 e. The highest BCUT2D eigenvalue weighted by molar-refractivity contribution is 4.97. The average Bonchev–Trinajstić information content (AvgIpc) is 3.27. The van der Waals surface area contributed by atoms with Crippen molar-refractivity contribution in [3.8, 4) is 0 Å². The molecule has 4 heteroatoms. The van der Waals surface area contributed by atoms with Crippen molar-refractivity contribution in [2.24, 2.45) is 23.7 Å². The van der Waals surface area contributed by atoms with Crippen LogP contribution in [0.25, 0.3) is 0 Å². The first-order valence-corrected chi connectivity index (χ1v) is 8.50. The molecule has 6 unspecified atom stereocenters. The second-order valence-corrected chi connectivity index (χ2v) is 8.17. The van der Waals surface area contributed by atoms with Gasteiger partial charge in [0.2, 0.25) is 0 Å². The van der Waals surface area contributed by atoms with E-state index in [4.69, 9.17) is 18.9 Å². The van der Waals surface area contributed by atoms with Crippen LogP contribution in [-0.4, -0.2) is 50.8 Å². The Balaban J connectivity index is 1.26. The molecule has 4 aliphatic rings. The first-order chi connectivity index (χ1) is 10.1. The highest BCUT2D eigenvalue weighted by atomic mass is 16.6. The number of rotatable bonds is 8. The fourth-order valence-corrected chi connectivity index (χ4v) is 4.28. The molecule has 0 aromatic carbocycles. The summed E-state index contributed by atoms with van der Waals surface area (Å²) in [5, 5.41) is 0. The van der Waals surface area contributed by atoms with Crippen molar-refractivity contribution in [2.45, 2.75) is 44.3 Å². The zero-order valence-electron chi connectivity index (χ0n) is 13.3. The maximum Gasteiger partial charge on any atom is 0.112 e. The van der Waals surface area contributed by atoms with Gasteiger partial charge >= 0.3 is 0 Å². The molecular formula is C17H28O4. The van der Waals surface area contributed by atoms with E-state index in [1.165, 1.54) is 19.3 Å². The zero-order valence-corrected chi connectivity index (χ0v) is 13.3. The molecule has 2 aliphatic heterocycles. The van der Waals surface area contributed by atoms with E-state index in [0.29, 0.717) is 11.8 Å². The Bertz CT molecular complexity index is 352. The van der Waals surface area contributed by atoms with Gasteiger partial charge in [0, 0.05) is 0 Å². The van der Waals surface area contributed by atoms with Gasteiger partial charge in [0.05, 0.1) is 39.6 Å². The van der Waals surface area contributed by atoms with Gasteiger partial charge in [-0.2, -0.15) is 0 Å². The summed E-state index contributed by atoms with van der Waals surface area (Å²) in [7, 11) is 0. The highest BCUT2D eigenvalue weighted by Gasteiger charge is 2.48. The van der Waals surface area contributed by atoms with Crippen molar-refractivity contribution < 1.29 is 18.9 Å². The molecule has 0 amide bonds. The summed E-state index contributed by atoms with van der Waals surface area (Å²) in [6.07, 6.45) is 4.18. The van der Waals surface area contributed by atoms with E-state index in [2.05, 4.69) is 13.8 Å². The van der Waals surface area contributed by atoms with Gasteiger partial charge in [-0.3, -0.25) is 0 Å². The lowest BCUT2D eigenvalue weighted by molar-refractivity contribution is -0.0106. The zero-order chi connectivity index (χ0) is 14.5. The van der Waals surface area contributed by atoms with Crippen LogP contribution >= 0.6 is 0 Å². The van der Waals surface area contributed by atoms with E-state index in [9.17, 15) is 0 Å². The fourth-order valence-electron chi connectivity index (χ4n) is 4.28. The van der Waals surface area contributed by atoms with Gasteiger partial charge < -0.3 is 18.9 Å². The lowest BCUT2D eigenvalue weighted by Gasteiger charge is -2.31. The first-order valence-electron chi connectivity index (χ1n) is 8.50. The third-order valence-corrected chi connectivity index (χ3v) is 5.98. The van der Waals surface area contributed by atoms with Crippen LogP contribution in [0.1, 0.15) is 33.1 Å². The van der Waals surface area contributed by atoms with Crippen molar-refractivity contribution in [2.75, 3.05) is 39.6 Å². The van der Waals surface area contributed by atoms with E-state index in [0.717, 1.165) is 51.5 Å². The predicted octanol–water partition coefficient (Wildman–Crippen LogP) is 2.26. The van der Waals surface area contributed by atoms with Crippen LogP contribution in [0.2, 0.25) is 0 Å². The second kappa shape index (κ2) is 5.19. The summed E-state index contributed by atoms with van der Waals surface area (Å²) in [5.74, 6) is 3.12. The minimum atomic E-state index is 0.0154. The van der Waals surface area contributed by atoms with Crippen LogP contribution < -0.4 is 0 Å². The Morgan fingerprint density at radius 3 is 1.67 bits per heavy atom. The number of hydrogen-bond donors (Lipinski definition) is 0. The third-order valence-electron chi connectivity index (χ3n) is 5.98. The van der Waals surface area contributed by atoms with Crippen molar-refractivity contribution in [1.29, 1.82) is 0 Å². The molecule has 120 valence electrons. The van der Waals surface area contributed by atoms with Crippen LogP contribution in [0.5, 0.6) is 0 Å². The van der Waals surface area contributed by atoms with Gasteiger partial charge in [0.1, 0.15) is 11.2 Å². The minimum Gasteiger partial charge on any atom is -0.378 e. The standard InChI is InChI=1S/C17H28O4/c1-16(10-20-16)8-18-6-14-12-3-4-13(5-12)15(14)7-19-9-17(2)11-21-17/h12-15H,3-11H2,1-2H3. The van der Waals surface area contributed by atoms with Gasteiger partial charge in [-0.05, 0) is 56.8 Å². The van der Waals surface area contributed by atoms with Gasteiger partial charge in [0.25, 0.3) is 0 Å². The molecule has 6 atom stereocenters. The van der Waals surface area contributed by atoms with Crippen LogP contribution in [0, 0.1) is 23.7 Å². The quantitative estimate of drug-likeness (QED) is 0.644. The molecule has 0 spiro atoms. The molecule has 21 heavy (non-hydrogen) atoms. The summed E-state index contributed by atoms with van der Waals surface area (Å²) < 4.78 is 22.8. The first kappa shape index (κ1) is 14.4. The Labute approximate surface area is 127 Å². The SMILES string of the molecule is CC1(COCC2C3CCC(C3)C2COCC2(C)CO2)CO1. The maximum atomic E-state index is 5.98. The molecule has 0 N–H and O–H groups in total. The monoisotopic (exact) mass is 296 g/mol. The topological polar surface area (TPSA) is 43.5 Å². The van der Waals surface area contributed by atoms with E-state index in [1.807, 2.05) is 0 Å². The number of epoxide rings is 2. The molecular weight excluding hydrogens is 268 g/mol. The van der Waals surface area contributed by atoms with E-state index < -0.39 is 0 Å². The second-order valence-electron chi connectivity index (χ2n) is 8.17. The molecule has 2 saturated heterocycles. The summed E-state index contributed by atoms with van der Waals surface area (Å²) in [4.78, 5) is 0. The molecule has 0 radical (unpaired) electrons. The Morgan fingerprint density at radius 2 is 1.29 bits per heavy atom. The minimum absolute atomic E-state index is 0.0154. The third kappa shape index (κ3) is 3.14. The average molecular weight is 296 g/mol. The smallest absolute Gasteiger partial charge is 0.112 e. The Morgan fingerprint density at radius 1 is 0.857 bits per heavy atom. The van der Waals surface area contributed by atoms with Crippen LogP contribution in [0.4, 0.5) is 0 Å². The predicted molar refractivity (Wildman–Crippen MR) is 78.2 cm³/mol. The molecule has 2 heterocycles. The van der Waals surface area contributed by atoms with Gasteiger partial charge in [0.15, 0.2) is 0 Å². The summed E-state index contributed by atoms with van der Waals surface area (Å²) in [6.45, 7) is 9.25. The lowest BCUT2D eigenvalue weighted by Crippen LogP contribution is -2.32. The lowest BCUT2D eigenvalue weighted by atomic mass is 9.80. The van der Waals surface area contributed by atoms with E-state index in [1.54, 1.807) is 0 Å². The van der Waals surface area contributed by atoms with Crippen molar-refractivity contribution in [1.82, 2.24) is 0 Å². The molecule has 0 aromatic rings. The normalized spacial score (nSPS) is 50.6. The molecule has 2 saturated carbocycles. The fraction of sp³-hybridized carbons (Fsp3) is 1.00. The van der Waals surface area contributed by atoms with Gasteiger partial charge in [-0.1, -0.05) is 0 Å². The van der Waals surface area contributed by atoms with E-state index >= 15 is 0 Å². The summed E-state index contributed by atoms with van der Waals surface area (Å²) in [6, 6.07) is 0. The number of hydrogen-bond acceptors (Lipinski definition) is 4. The molecule has 2 bridgehead atoms. The van der Waals surface area contributed by atoms with Crippen molar-refractivity contribution in [3.63, 3.8) is 0 Å². The Kier molecular flexibility index (Phi) is 3.57. The van der Waals surface area contributed by atoms with Crippen molar-refractivity contribution >= 4 is 0 Å². The van der Waals surface area contributed by atoms with Crippen molar-refractivity contribution in [3.05, 3.63) is 0 Å². The molecule has 2 aliphatic carbocycles. The molecule has 4 fully saturated rings. The summed E-state index contributed by atoms with van der Waals surface area (Å²) >= 11 is 0. The van der Waals surface area contributed by atoms with Crippen LogP contribution in [0.3, 0.4) is 0 Å². The highest BCUT2D eigenvalue weighted by Crippen LogP contribution is 2.52. The molecule has 4 nitrogen and oxygen atoms in total. The van der Waals surface area contributed by atoms with E-state index in [-0.39, 0.29) is 11.2 Å². The van der Waals surface area contributed by atoms with Crippen LogP contribution in [-0.2, 0) is 18.9 Å². The molecule has 0 aromatic heterocycles. The van der Waals surface area contributed by atoms with Gasteiger partial charge in [-0.25, -0.2) is 0 Å².